The summed E-state index contributed by atoms with van der Waals surface area (Å²) < 4.78 is 0. The number of aliphatic carboxylic acids is 2. The van der Waals surface area contributed by atoms with Gasteiger partial charge >= 0.3 is 11.9 Å². The first-order chi connectivity index (χ1) is 12.2. The number of phenols is 2. The van der Waals surface area contributed by atoms with E-state index in [1.807, 2.05) is 0 Å². The maximum atomic E-state index is 10.7. The first kappa shape index (κ1) is 20.7. The Morgan fingerprint density at radius 1 is 0.769 bits per heavy atom. The fourth-order valence-corrected chi connectivity index (χ4v) is 1.82. The van der Waals surface area contributed by atoms with E-state index in [2.05, 4.69) is 0 Å². The summed E-state index contributed by atoms with van der Waals surface area (Å²) >= 11 is 0. The summed E-state index contributed by atoms with van der Waals surface area (Å²) in [5.41, 5.74) is 1.25. The van der Waals surface area contributed by atoms with E-state index in [0.717, 1.165) is 0 Å². The van der Waals surface area contributed by atoms with E-state index in [9.17, 15) is 14.4 Å². The van der Waals surface area contributed by atoms with Gasteiger partial charge in [0.15, 0.2) is 6.10 Å². The quantitative estimate of drug-likeness (QED) is 0.477. The van der Waals surface area contributed by atoms with Crippen molar-refractivity contribution in [3.63, 3.8) is 0 Å². The number of aliphatic hydroxyl groups is 1. The van der Waals surface area contributed by atoms with E-state index in [-0.39, 0.29) is 24.3 Å². The molecule has 2 aromatic carbocycles. The lowest BCUT2D eigenvalue weighted by molar-refractivity contribution is -0.148. The predicted octanol–water partition coefficient (Wildman–Crippen LogP) is 0.969. The van der Waals surface area contributed by atoms with Crippen molar-refractivity contribution in [2.75, 3.05) is 0 Å². The zero-order valence-electron chi connectivity index (χ0n) is 13.6. The van der Waals surface area contributed by atoms with Crippen LogP contribution in [0.4, 0.5) is 0 Å². The minimum atomic E-state index is -1.44. The Morgan fingerprint density at radius 2 is 1.19 bits per heavy atom. The first-order valence-electron chi connectivity index (χ1n) is 7.42. The van der Waals surface area contributed by atoms with E-state index in [0.29, 0.717) is 11.1 Å². The normalized spacial score (nSPS) is 11.0. The maximum absolute atomic E-state index is 10.7. The number of carboxylic acid groups (broad SMARTS) is 2. The number of carboxylic acids is 2. The molecule has 0 spiro atoms. The van der Waals surface area contributed by atoms with Gasteiger partial charge in [0.25, 0.3) is 0 Å². The van der Waals surface area contributed by atoms with Crippen LogP contribution in [0.2, 0.25) is 0 Å². The van der Waals surface area contributed by atoms with E-state index >= 15 is 0 Å². The molecule has 2 aromatic rings. The molecule has 0 heterocycles. The number of phenolic OH excluding ortho intramolecular Hbond substituents is 2. The van der Waals surface area contributed by atoms with Crippen molar-refractivity contribution < 1.29 is 39.9 Å². The Balaban J connectivity index is 0.000000260. The second-order valence-electron chi connectivity index (χ2n) is 5.30. The van der Waals surface area contributed by atoms with Crippen LogP contribution in [0, 0.1) is 0 Å². The topological polar surface area (TPSA) is 152 Å². The maximum Gasteiger partial charge on any atom is 0.372 e. The lowest BCUT2D eigenvalue weighted by atomic mass is 10.1. The van der Waals surface area contributed by atoms with Gasteiger partial charge in [0.05, 0.1) is 0 Å². The summed E-state index contributed by atoms with van der Waals surface area (Å²) in [5.74, 6) is -3.33. The Morgan fingerprint density at radius 3 is 1.58 bits per heavy atom. The van der Waals surface area contributed by atoms with Gasteiger partial charge in [0.1, 0.15) is 11.5 Å². The highest BCUT2D eigenvalue weighted by Gasteiger charge is 2.13. The number of carbonyl (C=O) groups excluding carboxylic acids is 1. The largest absolute Gasteiger partial charge is 0.508 e. The smallest absolute Gasteiger partial charge is 0.372 e. The molecule has 8 heteroatoms. The Kier molecular flexibility index (Phi) is 7.78. The second-order valence-corrected chi connectivity index (χ2v) is 5.30. The van der Waals surface area contributed by atoms with E-state index < -0.39 is 23.8 Å². The zero-order valence-corrected chi connectivity index (χ0v) is 13.6. The minimum absolute atomic E-state index is 0.0512. The average Bonchev–Trinajstić information content (AvgIpc) is 2.59. The minimum Gasteiger partial charge on any atom is -0.508 e. The van der Waals surface area contributed by atoms with Crippen molar-refractivity contribution >= 4 is 17.7 Å². The molecule has 2 rings (SSSR count). The monoisotopic (exact) mass is 362 g/mol. The number of hydrogen-bond donors (Lipinski definition) is 5. The fourth-order valence-electron chi connectivity index (χ4n) is 1.82. The van der Waals surface area contributed by atoms with Crippen molar-refractivity contribution in [1.29, 1.82) is 0 Å². The molecule has 0 fully saturated rings. The second kappa shape index (κ2) is 9.80. The van der Waals surface area contributed by atoms with Crippen LogP contribution in [0.3, 0.4) is 0 Å². The van der Waals surface area contributed by atoms with Crippen LogP contribution < -0.4 is 0 Å². The summed E-state index contributed by atoms with van der Waals surface area (Å²) in [5, 5.41) is 43.5. The molecule has 0 aromatic heterocycles. The molecule has 0 saturated heterocycles. The Hall–Kier alpha value is -3.39. The Labute approximate surface area is 148 Å². The molecule has 26 heavy (non-hydrogen) atoms. The predicted molar refractivity (Wildman–Crippen MR) is 89.9 cm³/mol. The molecule has 0 aliphatic heterocycles. The highest BCUT2D eigenvalue weighted by atomic mass is 16.4. The van der Waals surface area contributed by atoms with Crippen molar-refractivity contribution in [2.45, 2.75) is 18.9 Å². The van der Waals surface area contributed by atoms with Crippen LogP contribution in [0.1, 0.15) is 11.1 Å². The van der Waals surface area contributed by atoms with Gasteiger partial charge < -0.3 is 25.5 Å². The number of aliphatic hydroxyl groups excluding tert-OH is 1. The van der Waals surface area contributed by atoms with E-state index in [1.54, 1.807) is 12.1 Å². The molecule has 0 radical (unpaired) electrons. The van der Waals surface area contributed by atoms with Crippen LogP contribution >= 0.6 is 0 Å². The molecular formula is C18H18O8. The van der Waals surface area contributed by atoms with Gasteiger partial charge in [-0.25, -0.2) is 9.59 Å². The number of rotatable bonds is 6. The van der Waals surface area contributed by atoms with Crippen molar-refractivity contribution in [3.8, 4) is 11.5 Å². The van der Waals surface area contributed by atoms with Crippen LogP contribution in [0.5, 0.6) is 11.5 Å². The van der Waals surface area contributed by atoms with E-state index in [1.165, 1.54) is 36.4 Å². The first-order valence-corrected chi connectivity index (χ1v) is 7.42. The molecule has 0 amide bonds. The van der Waals surface area contributed by atoms with Gasteiger partial charge in [0.2, 0.25) is 5.78 Å². The van der Waals surface area contributed by atoms with Crippen LogP contribution in [0.25, 0.3) is 0 Å². The standard InChI is InChI=1S/C9H10O4.C9H8O4/c2*10-7-3-1-6(2-4-7)5-8(11)9(12)13/h1-4,8,10-11H,5H2,(H,12,13);1-4,10H,5H2,(H,12,13). The summed E-state index contributed by atoms with van der Waals surface area (Å²) in [6.07, 6.45) is -1.48. The van der Waals surface area contributed by atoms with Gasteiger partial charge in [-0.2, -0.15) is 0 Å². The SMILES string of the molecule is O=C(O)C(=O)Cc1ccc(O)cc1.O=C(O)C(O)Cc1ccc(O)cc1. The molecule has 1 unspecified atom stereocenters. The highest BCUT2D eigenvalue weighted by molar-refractivity contribution is 6.33. The average molecular weight is 362 g/mol. The molecule has 5 N–H and O–H groups in total. The molecule has 0 aliphatic rings. The summed E-state index contributed by atoms with van der Waals surface area (Å²) in [4.78, 5) is 31.2. The van der Waals surface area contributed by atoms with Gasteiger partial charge in [-0.3, -0.25) is 4.79 Å². The Bertz CT molecular complexity index is 750. The van der Waals surface area contributed by atoms with Crippen molar-refractivity contribution in [1.82, 2.24) is 0 Å². The highest BCUT2D eigenvalue weighted by Crippen LogP contribution is 2.11. The third kappa shape index (κ3) is 7.45. The van der Waals surface area contributed by atoms with Crippen LogP contribution in [-0.4, -0.2) is 49.4 Å². The molecule has 8 nitrogen and oxygen atoms in total. The fraction of sp³-hybridized carbons (Fsp3) is 0.167. The van der Waals surface area contributed by atoms with Crippen LogP contribution in [0.15, 0.2) is 48.5 Å². The molecule has 1 atom stereocenters. The molecular weight excluding hydrogens is 344 g/mol. The number of carbonyl (C=O) groups is 3. The number of ketones is 1. The van der Waals surface area contributed by atoms with Gasteiger partial charge in [0, 0.05) is 12.8 Å². The number of aromatic hydroxyl groups is 2. The molecule has 0 bridgehead atoms. The van der Waals surface area contributed by atoms with Crippen molar-refractivity contribution in [3.05, 3.63) is 59.7 Å². The lowest BCUT2D eigenvalue weighted by Crippen LogP contribution is -2.21. The molecule has 0 saturated carbocycles. The summed E-state index contributed by atoms with van der Waals surface area (Å²) in [6, 6.07) is 11.9. The molecule has 138 valence electrons. The third-order valence-corrected chi connectivity index (χ3v) is 3.19. The summed E-state index contributed by atoms with van der Waals surface area (Å²) in [6.45, 7) is 0. The van der Waals surface area contributed by atoms with Gasteiger partial charge in [-0.05, 0) is 35.4 Å². The van der Waals surface area contributed by atoms with E-state index in [4.69, 9.17) is 25.5 Å². The number of benzene rings is 2. The molecule has 0 aliphatic carbocycles. The number of Topliss-reactive ketones (excluding diaryl/α,β-unsaturated/α-hetero) is 1. The number of hydrogen-bond acceptors (Lipinski definition) is 6. The van der Waals surface area contributed by atoms with Crippen LogP contribution in [-0.2, 0) is 27.2 Å². The summed E-state index contributed by atoms with van der Waals surface area (Å²) in [7, 11) is 0. The lowest BCUT2D eigenvalue weighted by Gasteiger charge is -2.04. The zero-order chi connectivity index (χ0) is 19.7. The van der Waals surface area contributed by atoms with Gasteiger partial charge in [-0.1, -0.05) is 24.3 Å². The van der Waals surface area contributed by atoms with Crippen molar-refractivity contribution in [2.24, 2.45) is 0 Å². The third-order valence-electron chi connectivity index (χ3n) is 3.19. The van der Waals surface area contributed by atoms with Gasteiger partial charge in [-0.15, -0.1) is 0 Å².